The number of hydrazine groups is 1. The van der Waals surface area contributed by atoms with Crippen LogP contribution in [0.1, 0.15) is 31.2 Å². The summed E-state index contributed by atoms with van der Waals surface area (Å²) in [6.45, 7) is 3.33. The van der Waals surface area contributed by atoms with Gasteiger partial charge in [-0.3, -0.25) is 19.9 Å². The Kier molecular flexibility index (Phi) is 8.68. The number of amides is 2. The van der Waals surface area contributed by atoms with Gasteiger partial charge in [-0.2, -0.15) is 0 Å². The number of morpholine rings is 1. The first kappa shape index (κ1) is 22.7. The van der Waals surface area contributed by atoms with E-state index < -0.39 is 0 Å². The van der Waals surface area contributed by atoms with Gasteiger partial charge in [-0.15, -0.1) is 0 Å². The summed E-state index contributed by atoms with van der Waals surface area (Å²) < 4.78 is 11.0. The van der Waals surface area contributed by atoms with Crippen LogP contribution in [0, 0.1) is 0 Å². The van der Waals surface area contributed by atoms with Gasteiger partial charge in [-0.05, 0) is 36.6 Å². The number of benzene rings is 1. The fraction of sp³-hybridized carbons (Fsp3) is 0.476. The molecule has 2 aliphatic heterocycles. The number of hydrogen-bond donors (Lipinski definition) is 1. The second kappa shape index (κ2) is 11.5. The molecule has 2 fully saturated rings. The molecule has 1 aromatic carbocycles. The van der Waals surface area contributed by atoms with Gasteiger partial charge < -0.3 is 9.47 Å². The third kappa shape index (κ3) is 6.53. The first-order valence-electron chi connectivity index (χ1n) is 10.1. The van der Waals surface area contributed by atoms with Crippen molar-refractivity contribution < 1.29 is 19.1 Å². The minimum atomic E-state index is -0.0501. The molecule has 1 aromatic rings. The summed E-state index contributed by atoms with van der Waals surface area (Å²) in [7, 11) is 1.62. The van der Waals surface area contributed by atoms with Crippen molar-refractivity contribution in [3.63, 3.8) is 0 Å². The number of carbonyl (C=O) groups is 2. The summed E-state index contributed by atoms with van der Waals surface area (Å²) >= 11 is 6.72. The summed E-state index contributed by atoms with van der Waals surface area (Å²) in [6, 6.07) is 7.55. The van der Waals surface area contributed by atoms with E-state index in [0.717, 1.165) is 43.7 Å². The van der Waals surface area contributed by atoms with Crippen LogP contribution >= 0.6 is 24.0 Å². The summed E-state index contributed by atoms with van der Waals surface area (Å²) in [4.78, 5) is 27.0. The molecule has 9 heteroatoms. The van der Waals surface area contributed by atoms with E-state index in [1.807, 2.05) is 35.4 Å². The highest BCUT2D eigenvalue weighted by atomic mass is 32.2. The number of rotatable bonds is 9. The highest BCUT2D eigenvalue weighted by Crippen LogP contribution is 2.33. The molecule has 30 heavy (non-hydrogen) atoms. The van der Waals surface area contributed by atoms with Crippen LogP contribution in [0.3, 0.4) is 0 Å². The van der Waals surface area contributed by atoms with Crippen LogP contribution < -0.4 is 10.2 Å². The first-order chi connectivity index (χ1) is 14.6. The van der Waals surface area contributed by atoms with Gasteiger partial charge in [0.05, 0.1) is 25.2 Å². The fourth-order valence-electron chi connectivity index (χ4n) is 3.18. The zero-order chi connectivity index (χ0) is 21.3. The van der Waals surface area contributed by atoms with Gasteiger partial charge in [0, 0.05) is 26.1 Å². The van der Waals surface area contributed by atoms with Gasteiger partial charge in [-0.1, -0.05) is 42.5 Å². The van der Waals surface area contributed by atoms with Crippen LogP contribution in [-0.4, -0.2) is 66.0 Å². The summed E-state index contributed by atoms with van der Waals surface area (Å²) in [5.41, 5.74) is 3.84. The van der Waals surface area contributed by atoms with Gasteiger partial charge in [0.2, 0.25) is 5.91 Å². The molecule has 0 atom stereocenters. The Morgan fingerprint density at radius 1 is 1.23 bits per heavy atom. The molecular formula is C21H27N3O4S2. The molecule has 0 unspecified atom stereocenters. The molecule has 0 radical (unpaired) electrons. The van der Waals surface area contributed by atoms with Crippen LogP contribution in [0.2, 0.25) is 0 Å². The van der Waals surface area contributed by atoms with E-state index in [1.54, 1.807) is 12.0 Å². The number of unbranched alkanes of at least 4 members (excludes halogenated alkanes) is 2. The summed E-state index contributed by atoms with van der Waals surface area (Å²) in [5, 5.41) is 1.90. The molecule has 0 bridgehead atoms. The fourth-order valence-corrected chi connectivity index (χ4v) is 4.49. The molecule has 2 aliphatic rings. The van der Waals surface area contributed by atoms with Gasteiger partial charge >= 0.3 is 0 Å². The van der Waals surface area contributed by atoms with E-state index >= 15 is 0 Å². The topological polar surface area (TPSA) is 71.1 Å². The van der Waals surface area contributed by atoms with Gasteiger partial charge in [0.15, 0.2) is 0 Å². The standard InChI is InChI=1S/C21H27N3O4S2/c1-27-17-8-6-16(7-9-17)15-18-20(26)24(21(29)30-18)10-4-2-3-5-19(25)22-23-11-13-28-14-12-23/h6-9,15H,2-5,10-14H2,1H3,(H,22,25). The van der Waals surface area contributed by atoms with Crippen LogP contribution in [0.4, 0.5) is 0 Å². The molecule has 2 amide bonds. The minimum Gasteiger partial charge on any atom is -0.497 e. The Morgan fingerprint density at radius 3 is 2.67 bits per heavy atom. The lowest BCUT2D eigenvalue weighted by molar-refractivity contribution is -0.128. The molecule has 1 N–H and O–H groups in total. The lowest BCUT2D eigenvalue weighted by atomic mass is 10.1. The highest BCUT2D eigenvalue weighted by molar-refractivity contribution is 8.26. The van der Waals surface area contributed by atoms with Crippen LogP contribution in [0.15, 0.2) is 29.2 Å². The molecule has 0 saturated carbocycles. The maximum absolute atomic E-state index is 12.7. The molecule has 0 spiro atoms. The van der Waals surface area contributed by atoms with E-state index in [2.05, 4.69) is 5.43 Å². The third-order valence-electron chi connectivity index (χ3n) is 4.87. The number of thiocarbonyl (C=S) groups is 1. The molecular weight excluding hydrogens is 422 g/mol. The van der Waals surface area contributed by atoms with E-state index in [9.17, 15) is 9.59 Å². The van der Waals surface area contributed by atoms with E-state index in [0.29, 0.717) is 35.4 Å². The third-order valence-corrected chi connectivity index (χ3v) is 6.24. The Balaban J connectivity index is 1.38. The lowest BCUT2D eigenvalue weighted by Crippen LogP contribution is -2.48. The molecule has 2 heterocycles. The summed E-state index contributed by atoms with van der Waals surface area (Å²) in [5.74, 6) is 0.758. The van der Waals surface area contributed by atoms with Crippen LogP contribution in [0.25, 0.3) is 6.08 Å². The highest BCUT2D eigenvalue weighted by Gasteiger charge is 2.31. The molecule has 2 saturated heterocycles. The number of ether oxygens (including phenoxy) is 2. The zero-order valence-corrected chi connectivity index (χ0v) is 18.7. The number of nitrogens with one attached hydrogen (secondary N) is 1. The number of methoxy groups -OCH3 is 1. The number of hydrogen-bond acceptors (Lipinski definition) is 7. The van der Waals surface area contributed by atoms with E-state index in [4.69, 9.17) is 21.7 Å². The number of nitrogens with zero attached hydrogens (tertiary/aromatic N) is 2. The SMILES string of the molecule is COc1ccc(C=C2SC(=S)N(CCCCCC(=O)NN3CCOCC3)C2=O)cc1. The average molecular weight is 450 g/mol. The zero-order valence-electron chi connectivity index (χ0n) is 17.1. The van der Waals surface area contributed by atoms with E-state index in [-0.39, 0.29) is 11.8 Å². The minimum absolute atomic E-state index is 0.0323. The second-order valence-corrected chi connectivity index (χ2v) is 8.73. The number of carbonyl (C=O) groups excluding carboxylic acids is 2. The van der Waals surface area contributed by atoms with Crippen LogP contribution in [0.5, 0.6) is 5.75 Å². The molecule has 3 rings (SSSR count). The molecule has 0 aromatic heterocycles. The van der Waals surface area contributed by atoms with Gasteiger partial charge in [0.25, 0.3) is 5.91 Å². The lowest BCUT2D eigenvalue weighted by Gasteiger charge is -2.26. The normalized spacial score (nSPS) is 18.8. The van der Waals surface area contributed by atoms with Crippen molar-refractivity contribution in [2.45, 2.75) is 25.7 Å². The van der Waals surface area contributed by atoms with Crippen molar-refractivity contribution in [2.75, 3.05) is 40.0 Å². The average Bonchev–Trinajstić information content (AvgIpc) is 3.02. The maximum Gasteiger partial charge on any atom is 0.266 e. The van der Waals surface area contributed by atoms with Crippen molar-refractivity contribution in [1.29, 1.82) is 0 Å². The Bertz CT molecular complexity index is 792. The van der Waals surface area contributed by atoms with Crippen molar-refractivity contribution in [1.82, 2.24) is 15.3 Å². The van der Waals surface area contributed by atoms with E-state index in [1.165, 1.54) is 11.8 Å². The van der Waals surface area contributed by atoms with Crippen molar-refractivity contribution in [3.8, 4) is 5.75 Å². The Morgan fingerprint density at radius 2 is 1.97 bits per heavy atom. The predicted molar refractivity (Wildman–Crippen MR) is 122 cm³/mol. The quantitative estimate of drug-likeness (QED) is 0.353. The molecule has 0 aliphatic carbocycles. The Hall–Kier alpha value is -1.94. The van der Waals surface area contributed by atoms with Crippen molar-refractivity contribution in [2.24, 2.45) is 0 Å². The predicted octanol–water partition coefficient (Wildman–Crippen LogP) is 2.82. The summed E-state index contributed by atoms with van der Waals surface area (Å²) in [6.07, 6.45) is 4.80. The van der Waals surface area contributed by atoms with Crippen molar-refractivity contribution >= 4 is 46.2 Å². The smallest absolute Gasteiger partial charge is 0.266 e. The van der Waals surface area contributed by atoms with Crippen LogP contribution in [-0.2, 0) is 14.3 Å². The van der Waals surface area contributed by atoms with Gasteiger partial charge in [0.1, 0.15) is 10.1 Å². The maximum atomic E-state index is 12.7. The number of thioether (sulfide) groups is 1. The molecule has 7 nitrogen and oxygen atoms in total. The largest absolute Gasteiger partial charge is 0.497 e. The molecule has 162 valence electrons. The Labute approximate surface area is 186 Å². The monoisotopic (exact) mass is 449 g/mol. The second-order valence-electron chi connectivity index (χ2n) is 7.05. The van der Waals surface area contributed by atoms with Gasteiger partial charge in [-0.25, -0.2) is 5.01 Å². The first-order valence-corrected chi connectivity index (χ1v) is 11.3. The van der Waals surface area contributed by atoms with Crippen molar-refractivity contribution in [3.05, 3.63) is 34.7 Å².